The molecule has 0 aromatic carbocycles. The van der Waals surface area contributed by atoms with E-state index in [1.54, 1.807) is 13.8 Å². The lowest BCUT2D eigenvalue weighted by molar-refractivity contribution is -0.145. The van der Waals surface area contributed by atoms with Gasteiger partial charge in [0.25, 0.3) is 5.91 Å². The minimum Gasteiger partial charge on any atom is -0.481 e. The molecule has 1 aromatic rings. The van der Waals surface area contributed by atoms with E-state index < -0.39 is 30.3 Å². The van der Waals surface area contributed by atoms with Crippen LogP contribution in [0, 0.1) is 13.8 Å². The zero-order valence-electron chi connectivity index (χ0n) is 9.89. The molecule has 1 atom stereocenters. The zero-order chi connectivity index (χ0) is 13.9. The topological polar surface area (TPSA) is 117 Å². The summed E-state index contributed by atoms with van der Waals surface area (Å²) in [5.74, 6) is -2.50. The van der Waals surface area contributed by atoms with Gasteiger partial charge in [-0.05, 0) is 19.9 Å². The van der Waals surface area contributed by atoms with Crippen molar-refractivity contribution in [1.29, 1.82) is 0 Å². The molecule has 0 aliphatic carbocycles. The van der Waals surface area contributed by atoms with Crippen LogP contribution in [0.15, 0.2) is 10.5 Å². The molecule has 7 nitrogen and oxygen atoms in total. The van der Waals surface area contributed by atoms with Crippen LogP contribution in [-0.4, -0.2) is 34.1 Å². The Labute approximate surface area is 102 Å². The Balaban J connectivity index is 2.81. The number of furan rings is 1. The molecule has 0 saturated carbocycles. The number of amides is 1. The van der Waals surface area contributed by atoms with Crippen molar-refractivity contribution in [3.63, 3.8) is 0 Å². The number of nitrogens with one attached hydrogen (secondary N) is 1. The molecule has 0 radical (unpaired) electrons. The molecular formula is C11H13NO6. The van der Waals surface area contributed by atoms with E-state index in [0.29, 0.717) is 11.5 Å². The van der Waals surface area contributed by atoms with Crippen LogP contribution in [0.2, 0.25) is 0 Å². The second-order valence-corrected chi connectivity index (χ2v) is 3.79. The van der Waals surface area contributed by atoms with Crippen molar-refractivity contribution in [3.05, 3.63) is 23.2 Å². The van der Waals surface area contributed by atoms with Crippen LogP contribution in [0.25, 0.3) is 0 Å². The van der Waals surface area contributed by atoms with Crippen LogP contribution in [0.1, 0.15) is 28.3 Å². The van der Waals surface area contributed by atoms with Gasteiger partial charge in [-0.1, -0.05) is 0 Å². The minimum absolute atomic E-state index is 0.198. The van der Waals surface area contributed by atoms with Gasteiger partial charge in [0.1, 0.15) is 17.6 Å². The normalized spacial score (nSPS) is 11.9. The number of carboxylic acids is 2. The van der Waals surface area contributed by atoms with Gasteiger partial charge >= 0.3 is 11.9 Å². The average molecular weight is 255 g/mol. The molecule has 7 heteroatoms. The molecule has 0 saturated heterocycles. The Morgan fingerprint density at radius 2 is 1.94 bits per heavy atom. The Bertz CT molecular complexity index is 490. The van der Waals surface area contributed by atoms with Crippen molar-refractivity contribution in [2.24, 2.45) is 0 Å². The third-order valence-corrected chi connectivity index (χ3v) is 2.27. The summed E-state index contributed by atoms with van der Waals surface area (Å²) in [5, 5.41) is 19.5. The second-order valence-electron chi connectivity index (χ2n) is 3.79. The number of rotatable bonds is 5. The van der Waals surface area contributed by atoms with E-state index in [4.69, 9.17) is 14.6 Å². The maximum atomic E-state index is 11.7. The summed E-state index contributed by atoms with van der Waals surface area (Å²) < 4.78 is 5.13. The first-order valence-corrected chi connectivity index (χ1v) is 5.13. The zero-order valence-corrected chi connectivity index (χ0v) is 9.89. The van der Waals surface area contributed by atoms with E-state index >= 15 is 0 Å². The summed E-state index contributed by atoms with van der Waals surface area (Å²) in [6, 6.07) is -0.00531. The first-order chi connectivity index (χ1) is 8.31. The van der Waals surface area contributed by atoms with Crippen molar-refractivity contribution >= 4 is 17.8 Å². The molecular weight excluding hydrogens is 242 g/mol. The molecule has 1 aromatic heterocycles. The Hall–Kier alpha value is -2.31. The SMILES string of the molecule is Cc1cc(C(=O)NC(CC(=O)O)C(=O)O)c(C)o1. The molecule has 1 unspecified atom stereocenters. The third-order valence-electron chi connectivity index (χ3n) is 2.27. The van der Waals surface area contributed by atoms with Gasteiger partial charge in [0, 0.05) is 0 Å². The number of hydrogen-bond donors (Lipinski definition) is 3. The van der Waals surface area contributed by atoms with Gasteiger partial charge in [0.15, 0.2) is 0 Å². The van der Waals surface area contributed by atoms with Crippen LogP contribution in [0.5, 0.6) is 0 Å². The quantitative estimate of drug-likeness (QED) is 0.707. The highest BCUT2D eigenvalue weighted by Crippen LogP contribution is 2.13. The maximum Gasteiger partial charge on any atom is 0.326 e. The predicted octanol–water partition coefficient (Wildman–Crippen LogP) is 0.554. The predicted molar refractivity (Wildman–Crippen MR) is 59.3 cm³/mol. The fourth-order valence-electron chi connectivity index (χ4n) is 1.47. The molecule has 1 rings (SSSR count). The van der Waals surface area contributed by atoms with Crippen LogP contribution in [0.3, 0.4) is 0 Å². The summed E-state index contributed by atoms with van der Waals surface area (Å²) in [6.45, 7) is 3.21. The number of carboxylic acid groups (broad SMARTS) is 2. The van der Waals surface area contributed by atoms with Crippen LogP contribution < -0.4 is 5.32 Å². The third kappa shape index (κ3) is 3.34. The highest BCUT2D eigenvalue weighted by molar-refractivity contribution is 5.98. The van der Waals surface area contributed by atoms with Gasteiger partial charge in [-0.25, -0.2) is 4.79 Å². The van der Waals surface area contributed by atoms with Gasteiger partial charge in [-0.2, -0.15) is 0 Å². The van der Waals surface area contributed by atoms with Crippen molar-refractivity contribution < 1.29 is 29.0 Å². The Kier molecular flexibility index (Phi) is 4.09. The molecule has 1 heterocycles. The summed E-state index contributed by atoms with van der Waals surface area (Å²) in [4.78, 5) is 33.0. The first-order valence-electron chi connectivity index (χ1n) is 5.13. The summed E-state index contributed by atoms with van der Waals surface area (Å²) in [6.07, 6.45) is -0.684. The van der Waals surface area contributed by atoms with E-state index in [1.165, 1.54) is 6.07 Å². The number of aliphatic carboxylic acids is 2. The van der Waals surface area contributed by atoms with Gasteiger partial charge < -0.3 is 19.9 Å². The summed E-state index contributed by atoms with van der Waals surface area (Å²) in [7, 11) is 0. The number of hydrogen-bond acceptors (Lipinski definition) is 4. The van der Waals surface area contributed by atoms with E-state index in [9.17, 15) is 14.4 Å². The largest absolute Gasteiger partial charge is 0.481 e. The molecule has 1 amide bonds. The minimum atomic E-state index is -1.47. The van der Waals surface area contributed by atoms with Crippen molar-refractivity contribution in [2.45, 2.75) is 26.3 Å². The van der Waals surface area contributed by atoms with E-state index in [-0.39, 0.29) is 5.56 Å². The van der Waals surface area contributed by atoms with Crippen LogP contribution >= 0.6 is 0 Å². The monoisotopic (exact) mass is 255 g/mol. The van der Waals surface area contributed by atoms with Gasteiger partial charge in [0.2, 0.25) is 0 Å². The van der Waals surface area contributed by atoms with Crippen LogP contribution in [0.4, 0.5) is 0 Å². The molecule has 0 aliphatic rings. The fraction of sp³-hybridized carbons (Fsp3) is 0.364. The molecule has 0 bridgehead atoms. The highest BCUT2D eigenvalue weighted by Gasteiger charge is 2.25. The van der Waals surface area contributed by atoms with Gasteiger partial charge in [-0.3, -0.25) is 9.59 Å². The lowest BCUT2D eigenvalue weighted by Gasteiger charge is -2.11. The standard InChI is InChI=1S/C11H13NO6/c1-5-3-7(6(2)18-5)10(15)12-8(11(16)17)4-9(13)14/h3,8H,4H2,1-2H3,(H,12,15)(H,13,14)(H,16,17). The van der Waals surface area contributed by atoms with Crippen LogP contribution in [-0.2, 0) is 9.59 Å². The lowest BCUT2D eigenvalue weighted by atomic mass is 10.1. The molecule has 0 fully saturated rings. The average Bonchev–Trinajstić information content (AvgIpc) is 2.56. The van der Waals surface area contributed by atoms with Crippen molar-refractivity contribution in [3.8, 4) is 0 Å². The molecule has 0 aliphatic heterocycles. The molecule has 98 valence electrons. The number of aryl methyl sites for hydroxylation is 2. The lowest BCUT2D eigenvalue weighted by Crippen LogP contribution is -2.42. The van der Waals surface area contributed by atoms with Gasteiger partial charge in [-0.15, -0.1) is 0 Å². The number of carbonyl (C=O) groups is 3. The van der Waals surface area contributed by atoms with Gasteiger partial charge in [0.05, 0.1) is 12.0 Å². The number of carbonyl (C=O) groups excluding carboxylic acids is 1. The van der Waals surface area contributed by atoms with E-state index in [2.05, 4.69) is 5.32 Å². The fourth-order valence-corrected chi connectivity index (χ4v) is 1.47. The maximum absolute atomic E-state index is 11.7. The highest BCUT2D eigenvalue weighted by atomic mass is 16.4. The molecule has 3 N–H and O–H groups in total. The smallest absolute Gasteiger partial charge is 0.326 e. The molecule has 0 spiro atoms. The van der Waals surface area contributed by atoms with E-state index in [1.807, 2.05) is 0 Å². The second kappa shape index (κ2) is 5.35. The van der Waals surface area contributed by atoms with Crippen molar-refractivity contribution in [2.75, 3.05) is 0 Å². The summed E-state index contributed by atoms with van der Waals surface area (Å²) in [5.41, 5.74) is 0.198. The molecule has 18 heavy (non-hydrogen) atoms. The van der Waals surface area contributed by atoms with E-state index in [0.717, 1.165) is 0 Å². The van der Waals surface area contributed by atoms with Crippen molar-refractivity contribution in [1.82, 2.24) is 5.32 Å². The Morgan fingerprint density at radius 3 is 2.33 bits per heavy atom. The first kappa shape index (κ1) is 13.8. The summed E-state index contributed by atoms with van der Waals surface area (Å²) >= 11 is 0. The Morgan fingerprint density at radius 1 is 1.33 bits per heavy atom.